The Morgan fingerprint density at radius 2 is 2.25 bits per heavy atom. The Balaban J connectivity index is 0.000000213. The van der Waals surface area contributed by atoms with Crippen LogP contribution in [-0.4, -0.2) is 22.4 Å². The van der Waals surface area contributed by atoms with Crippen LogP contribution in [0.25, 0.3) is 0 Å². The molecule has 0 aromatic rings. The van der Waals surface area contributed by atoms with Crippen LogP contribution in [0.2, 0.25) is 0 Å². The second-order valence-electron chi connectivity index (χ2n) is 2.23. The first-order valence-corrected chi connectivity index (χ1v) is 6.46. The van der Waals surface area contributed by atoms with Gasteiger partial charge >= 0.3 is 35.3 Å². The quantitative estimate of drug-likeness (QED) is 0.481. The van der Waals surface area contributed by atoms with E-state index in [-0.39, 0.29) is 6.04 Å². The van der Waals surface area contributed by atoms with E-state index in [1.165, 1.54) is 18.3 Å². The molecule has 0 fully saturated rings. The van der Waals surface area contributed by atoms with Gasteiger partial charge in [0.15, 0.2) is 0 Å². The van der Waals surface area contributed by atoms with Crippen LogP contribution in [0.15, 0.2) is 34.3 Å². The van der Waals surface area contributed by atoms with E-state index >= 15 is 0 Å². The predicted octanol–water partition coefficient (Wildman–Crippen LogP) is 1.38. The van der Waals surface area contributed by atoms with Crippen molar-refractivity contribution in [2.24, 2.45) is 9.98 Å². The van der Waals surface area contributed by atoms with Gasteiger partial charge in [-0.25, -0.2) is 4.99 Å². The molecule has 12 heavy (non-hydrogen) atoms. The number of nitrogens with zero attached hydrogens (tertiary/aromatic N) is 2. The van der Waals surface area contributed by atoms with Gasteiger partial charge in [-0.05, 0) is 6.08 Å². The van der Waals surface area contributed by atoms with Gasteiger partial charge in [0, 0.05) is 0 Å². The van der Waals surface area contributed by atoms with Crippen LogP contribution in [0, 0.1) is 0 Å². The molecule has 0 radical (unpaired) electrons. The van der Waals surface area contributed by atoms with Crippen LogP contribution in [0.4, 0.5) is 0 Å². The first-order valence-electron chi connectivity index (χ1n) is 3.73. The van der Waals surface area contributed by atoms with Gasteiger partial charge < -0.3 is 0 Å². The molecule has 1 atom stereocenters. The van der Waals surface area contributed by atoms with Crippen molar-refractivity contribution in [1.29, 1.82) is 0 Å². The van der Waals surface area contributed by atoms with E-state index in [1.807, 2.05) is 24.3 Å². The molecule has 0 spiro atoms. The topological polar surface area (TPSA) is 24.7 Å². The SMILES string of the molecule is C1=CC2=NC=NC2C=C1.S[CH2][Zn]. The second kappa shape index (κ2) is 5.44. The molecule has 2 nitrogen and oxygen atoms in total. The van der Waals surface area contributed by atoms with Crippen molar-refractivity contribution < 1.29 is 18.3 Å². The molecular formula is C8H9N2SZn. The summed E-state index contributed by atoms with van der Waals surface area (Å²) in [6, 6.07) is 0.218. The van der Waals surface area contributed by atoms with Crippen molar-refractivity contribution in [3.05, 3.63) is 24.3 Å². The van der Waals surface area contributed by atoms with E-state index in [4.69, 9.17) is 0 Å². The molecule has 59 valence electrons. The first-order chi connectivity index (χ1) is 5.88. The van der Waals surface area contributed by atoms with Crippen molar-refractivity contribution in [1.82, 2.24) is 0 Å². The molecule has 1 heterocycles. The maximum atomic E-state index is 4.09. The van der Waals surface area contributed by atoms with Crippen molar-refractivity contribution in [2.45, 2.75) is 6.04 Å². The van der Waals surface area contributed by atoms with Gasteiger partial charge in [0.25, 0.3) is 0 Å². The number of allylic oxidation sites excluding steroid dienone is 2. The molecular weight excluding hydrogens is 222 g/mol. The van der Waals surface area contributed by atoms with Crippen LogP contribution < -0.4 is 0 Å². The Morgan fingerprint density at radius 3 is 2.92 bits per heavy atom. The van der Waals surface area contributed by atoms with Gasteiger partial charge in [-0.2, -0.15) is 0 Å². The summed E-state index contributed by atoms with van der Waals surface area (Å²) in [5.41, 5.74) is 1.05. The third-order valence-electron chi connectivity index (χ3n) is 1.41. The van der Waals surface area contributed by atoms with Gasteiger partial charge in [-0.3, -0.25) is 4.99 Å². The van der Waals surface area contributed by atoms with E-state index in [0.29, 0.717) is 0 Å². The Bertz CT molecular complexity index is 256. The van der Waals surface area contributed by atoms with E-state index in [2.05, 4.69) is 22.6 Å². The van der Waals surface area contributed by atoms with Crippen molar-refractivity contribution in [3.8, 4) is 0 Å². The maximum absolute atomic E-state index is 4.09. The van der Waals surface area contributed by atoms with Gasteiger partial charge in [0.2, 0.25) is 0 Å². The number of fused-ring (bicyclic) bond motifs is 1. The van der Waals surface area contributed by atoms with Gasteiger partial charge in [-0.15, -0.1) is 0 Å². The molecule has 0 aromatic heterocycles. The molecule has 0 N–H and O–H groups in total. The Kier molecular flexibility index (Phi) is 4.48. The summed E-state index contributed by atoms with van der Waals surface area (Å²) in [7, 11) is 0. The van der Waals surface area contributed by atoms with E-state index in [0.717, 1.165) is 10.1 Å². The average Bonchev–Trinajstić information content (AvgIpc) is 2.52. The Hall–Kier alpha value is -0.207. The average molecular weight is 231 g/mol. The molecule has 1 unspecified atom stereocenters. The molecule has 4 heteroatoms. The van der Waals surface area contributed by atoms with E-state index < -0.39 is 0 Å². The summed E-state index contributed by atoms with van der Waals surface area (Å²) in [5, 5.41) is 0. The summed E-state index contributed by atoms with van der Waals surface area (Å²) in [5.74, 6) is 0. The minimum atomic E-state index is 0.218. The van der Waals surface area contributed by atoms with Crippen LogP contribution in [-0.2, 0) is 18.3 Å². The van der Waals surface area contributed by atoms with E-state index in [9.17, 15) is 0 Å². The van der Waals surface area contributed by atoms with Gasteiger partial charge in [0.05, 0.1) is 5.71 Å². The van der Waals surface area contributed by atoms with Crippen molar-refractivity contribution in [2.75, 3.05) is 4.35 Å². The zero-order chi connectivity index (χ0) is 8.81. The standard InChI is InChI=1S/C7H6N2.CH3S.Zn/c1-2-4-7-6(3-1)8-5-9-7;1-2;/h1-6H;2H,1H2;. The molecule has 2 aliphatic rings. The molecule has 0 bridgehead atoms. The van der Waals surface area contributed by atoms with Crippen LogP contribution in [0.5, 0.6) is 0 Å². The number of rotatable bonds is 0. The number of aliphatic imine (C=N–C) groups is 2. The third kappa shape index (κ3) is 2.69. The zero-order valence-corrected chi connectivity index (χ0v) is 10.6. The molecule has 1 aliphatic carbocycles. The Morgan fingerprint density at radius 1 is 1.50 bits per heavy atom. The Labute approximate surface area is 87.7 Å². The molecule has 0 saturated carbocycles. The van der Waals surface area contributed by atoms with Crippen molar-refractivity contribution >= 4 is 24.7 Å². The second-order valence-corrected chi connectivity index (χ2v) is 5.49. The summed E-state index contributed by atoms with van der Waals surface area (Å²) in [6.07, 6.45) is 9.59. The van der Waals surface area contributed by atoms with Crippen LogP contribution in [0.1, 0.15) is 0 Å². The third-order valence-corrected chi connectivity index (χ3v) is 1.41. The van der Waals surface area contributed by atoms with Gasteiger partial charge in [0.1, 0.15) is 12.4 Å². The molecule has 0 aromatic carbocycles. The van der Waals surface area contributed by atoms with E-state index in [1.54, 1.807) is 6.34 Å². The molecule has 2 rings (SSSR count). The van der Waals surface area contributed by atoms with Crippen LogP contribution >= 0.6 is 12.6 Å². The first kappa shape index (κ1) is 9.88. The summed E-state index contributed by atoms with van der Waals surface area (Å²) >= 11 is 5.15. The number of hydrogen-bond acceptors (Lipinski definition) is 3. The monoisotopic (exact) mass is 229 g/mol. The fraction of sp³-hybridized carbons (Fsp3) is 0.250. The normalized spacial score (nSPS) is 22.9. The predicted molar refractivity (Wildman–Crippen MR) is 51.8 cm³/mol. The summed E-state index contributed by atoms with van der Waals surface area (Å²) in [6.45, 7) is 0. The zero-order valence-electron chi connectivity index (χ0n) is 6.72. The minimum absolute atomic E-state index is 0.218. The molecule has 0 saturated heterocycles. The fourth-order valence-corrected chi connectivity index (χ4v) is 0.938. The molecule has 0 amide bonds. The number of thiol groups is 1. The van der Waals surface area contributed by atoms with Crippen molar-refractivity contribution in [3.63, 3.8) is 0 Å². The van der Waals surface area contributed by atoms with Gasteiger partial charge in [-0.1, -0.05) is 18.2 Å². The fourth-order valence-electron chi connectivity index (χ4n) is 0.938. The van der Waals surface area contributed by atoms with Crippen LogP contribution in [0.3, 0.4) is 0 Å². The number of hydrogen-bond donors (Lipinski definition) is 1. The summed E-state index contributed by atoms with van der Waals surface area (Å²) < 4.78 is 1.07. The summed E-state index contributed by atoms with van der Waals surface area (Å²) in [4.78, 5) is 8.14. The molecule has 1 aliphatic heterocycles.